The second-order valence-corrected chi connectivity index (χ2v) is 4.55. The molecular weight excluding hydrogens is 200 g/mol. The molecule has 1 N–H and O–H groups in total. The van der Waals surface area contributed by atoms with Crippen molar-refractivity contribution in [3.63, 3.8) is 0 Å². The summed E-state index contributed by atoms with van der Waals surface area (Å²) in [7, 11) is 0. The van der Waals surface area contributed by atoms with E-state index in [0.29, 0.717) is 5.92 Å². The summed E-state index contributed by atoms with van der Waals surface area (Å²) in [5, 5.41) is 9.00. The molecule has 1 heterocycles. The number of hydrogen-bond donors (Lipinski definition) is 1. The summed E-state index contributed by atoms with van der Waals surface area (Å²) in [6.45, 7) is 4.37. The Bertz CT molecular complexity index is 412. The zero-order chi connectivity index (χ0) is 11.5. The van der Waals surface area contributed by atoms with Gasteiger partial charge in [-0.25, -0.2) is 9.97 Å². The van der Waals surface area contributed by atoms with Crippen molar-refractivity contribution in [2.75, 3.05) is 6.61 Å². The van der Waals surface area contributed by atoms with Gasteiger partial charge in [-0.1, -0.05) is 13.0 Å². The average molecular weight is 218 g/mol. The molecule has 0 radical (unpaired) electrons. The zero-order valence-electron chi connectivity index (χ0n) is 9.90. The molecule has 0 spiro atoms. The van der Waals surface area contributed by atoms with Gasteiger partial charge in [-0.2, -0.15) is 0 Å². The lowest BCUT2D eigenvalue weighted by molar-refractivity contribution is 0.231. The van der Waals surface area contributed by atoms with E-state index in [1.807, 2.05) is 6.92 Å². The average Bonchev–Trinajstić information content (AvgIpc) is 2.70. The Morgan fingerprint density at radius 3 is 3.00 bits per heavy atom. The molecule has 1 aliphatic carbocycles. The highest BCUT2D eigenvalue weighted by atomic mass is 16.3. The number of allylic oxidation sites excluding steroid dienone is 2. The maximum absolute atomic E-state index is 9.00. The molecular formula is C13H18N2O. The topological polar surface area (TPSA) is 46.0 Å². The summed E-state index contributed by atoms with van der Waals surface area (Å²) in [6.07, 6.45) is 6.88. The highest BCUT2D eigenvalue weighted by Crippen LogP contribution is 2.30. The van der Waals surface area contributed by atoms with Crippen LogP contribution in [0.15, 0.2) is 12.4 Å². The number of aryl methyl sites for hydroxylation is 1. The van der Waals surface area contributed by atoms with Crippen molar-refractivity contribution in [3.8, 4) is 0 Å². The third-order valence-electron chi connectivity index (χ3n) is 3.24. The van der Waals surface area contributed by atoms with Crippen molar-refractivity contribution < 1.29 is 5.11 Å². The highest BCUT2D eigenvalue weighted by molar-refractivity contribution is 5.70. The molecule has 86 valence electrons. The van der Waals surface area contributed by atoms with Crippen LogP contribution in [-0.4, -0.2) is 21.7 Å². The Labute approximate surface area is 96.3 Å². The van der Waals surface area contributed by atoms with Gasteiger partial charge in [-0.15, -0.1) is 0 Å². The number of aliphatic hydroxyl groups is 1. The fraction of sp³-hybridized carbons (Fsp3) is 0.538. The monoisotopic (exact) mass is 218 g/mol. The molecule has 3 heteroatoms. The van der Waals surface area contributed by atoms with Gasteiger partial charge in [0.15, 0.2) is 0 Å². The second kappa shape index (κ2) is 4.74. The van der Waals surface area contributed by atoms with Gasteiger partial charge in [0, 0.05) is 17.9 Å². The minimum atomic E-state index is 0.267. The Kier molecular flexibility index (Phi) is 3.34. The Morgan fingerprint density at radius 2 is 2.25 bits per heavy atom. The molecule has 16 heavy (non-hydrogen) atoms. The van der Waals surface area contributed by atoms with Crippen LogP contribution < -0.4 is 0 Å². The molecule has 0 amide bonds. The van der Waals surface area contributed by atoms with E-state index in [4.69, 9.17) is 5.11 Å². The highest BCUT2D eigenvalue weighted by Gasteiger charge is 2.18. The first kappa shape index (κ1) is 11.3. The van der Waals surface area contributed by atoms with Gasteiger partial charge < -0.3 is 5.11 Å². The Balaban J connectivity index is 2.08. The molecule has 0 aromatic carbocycles. The van der Waals surface area contributed by atoms with Crippen molar-refractivity contribution in [2.24, 2.45) is 5.92 Å². The summed E-state index contributed by atoms with van der Waals surface area (Å²) in [4.78, 5) is 8.58. The van der Waals surface area contributed by atoms with E-state index in [0.717, 1.165) is 30.7 Å². The molecule has 3 nitrogen and oxygen atoms in total. The maximum atomic E-state index is 9.00. The number of rotatable bonds is 4. The predicted molar refractivity (Wildman–Crippen MR) is 63.9 cm³/mol. The smallest absolute Gasteiger partial charge is 0.116 e. The van der Waals surface area contributed by atoms with E-state index in [1.54, 1.807) is 6.33 Å². The molecule has 1 aliphatic rings. The Hall–Kier alpha value is -1.22. The van der Waals surface area contributed by atoms with Gasteiger partial charge in [0.05, 0.1) is 5.69 Å². The molecule has 0 saturated heterocycles. The first-order chi connectivity index (χ1) is 7.72. The van der Waals surface area contributed by atoms with Gasteiger partial charge in [-0.05, 0) is 37.7 Å². The van der Waals surface area contributed by atoms with Crippen LogP contribution in [0, 0.1) is 12.8 Å². The molecule has 2 rings (SSSR count). The van der Waals surface area contributed by atoms with E-state index in [2.05, 4.69) is 23.0 Å². The zero-order valence-corrected chi connectivity index (χ0v) is 9.90. The summed E-state index contributed by atoms with van der Waals surface area (Å²) < 4.78 is 0. The molecule has 0 bridgehead atoms. The first-order valence-corrected chi connectivity index (χ1v) is 5.83. The van der Waals surface area contributed by atoms with E-state index in [9.17, 15) is 0 Å². The van der Waals surface area contributed by atoms with Crippen LogP contribution in [0.4, 0.5) is 0 Å². The second-order valence-electron chi connectivity index (χ2n) is 4.55. The summed E-state index contributed by atoms with van der Waals surface area (Å²) >= 11 is 0. The molecule has 1 atom stereocenters. The van der Waals surface area contributed by atoms with E-state index in [1.165, 1.54) is 11.1 Å². The van der Waals surface area contributed by atoms with Crippen molar-refractivity contribution in [1.29, 1.82) is 0 Å². The summed E-state index contributed by atoms with van der Waals surface area (Å²) in [6, 6.07) is 0. The van der Waals surface area contributed by atoms with Crippen molar-refractivity contribution in [1.82, 2.24) is 9.97 Å². The van der Waals surface area contributed by atoms with Crippen molar-refractivity contribution in [3.05, 3.63) is 29.4 Å². The molecule has 0 unspecified atom stereocenters. The molecule has 1 aromatic rings. The molecule has 0 saturated carbocycles. The molecule has 0 aliphatic heterocycles. The number of aliphatic hydroxyl groups excluding tert-OH is 1. The van der Waals surface area contributed by atoms with Gasteiger partial charge in [0.1, 0.15) is 6.33 Å². The van der Waals surface area contributed by atoms with E-state index < -0.39 is 0 Å². The Morgan fingerprint density at radius 1 is 1.44 bits per heavy atom. The van der Waals surface area contributed by atoms with E-state index in [-0.39, 0.29) is 6.61 Å². The van der Waals surface area contributed by atoms with Gasteiger partial charge in [0.2, 0.25) is 0 Å². The summed E-state index contributed by atoms with van der Waals surface area (Å²) in [5.74, 6) is 0.368. The van der Waals surface area contributed by atoms with Crippen molar-refractivity contribution >= 4 is 5.57 Å². The van der Waals surface area contributed by atoms with Crippen LogP contribution in [-0.2, 0) is 6.42 Å². The normalized spacial score (nSPS) is 15.8. The number of nitrogens with zero attached hydrogens (tertiary/aromatic N) is 2. The van der Waals surface area contributed by atoms with E-state index >= 15 is 0 Å². The lowest BCUT2D eigenvalue weighted by Crippen LogP contribution is -2.01. The standard InChI is InChI=1S/C13H18N2O/c1-9(7-16)3-4-11-5-6-12-10(2)14-8-15-13(11)12/h5,8-9,16H,3-4,6-7H2,1-2H3/t9-/m1/s1. The fourth-order valence-electron chi connectivity index (χ4n) is 2.06. The van der Waals surface area contributed by atoms with Crippen LogP contribution in [0.3, 0.4) is 0 Å². The predicted octanol–water partition coefficient (Wildman–Crippen LogP) is 2.13. The minimum Gasteiger partial charge on any atom is -0.396 e. The van der Waals surface area contributed by atoms with Crippen LogP contribution in [0.25, 0.3) is 5.57 Å². The minimum absolute atomic E-state index is 0.267. The van der Waals surface area contributed by atoms with Crippen LogP contribution >= 0.6 is 0 Å². The van der Waals surface area contributed by atoms with Crippen LogP contribution in [0.5, 0.6) is 0 Å². The van der Waals surface area contributed by atoms with Crippen LogP contribution in [0.1, 0.15) is 36.7 Å². The first-order valence-electron chi connectivity index (χ1n) is 5.83. The number of hydrogen-bond acceptors (Lipinski definition) is 3. The third kappa shape index (κ3) is 2.14. The lowest BCUT2D eigenvalue weighted by Gasteiger charge is -2.09. The van der Waals surface area contributed by atoms with Gasteiger partial charge in [-0.3, -0.25) is 0 Å². The number of fused-ring (bicyclic) bond motifs is 1. The largest absolute Gasteiger partial charge is 0.396 e. The maximum Gasteiger partial charge on any atom is 0.116 e. The third-order valence-corrected chi connectivity index (χ3v) is 3.24. The fourth-order valence-corrected chi connectivity index (χ4v) is 2.06. The quantitative estimate of drug-likeness (QED) is 0.842. The molecule has 1 aromatic heterocycles. The lowest BCUT2D eigenvalue weighted by atomic mass is 10.0. The number of aromatic nitrogens is 2. The van der Waals surface area contributed by atoms with Crippen molar-refractivity contribution in [2.45, 2.75) is 33.1 Å². The van der Waals surface area contributed by atoms with Gasteiger partial charge in [0.25, 0.3) is 0 Å². The summed E-state index contributed by atoms with van der Waals surface area (Å²) in [5.41, 5.74) is 4.80. The molecule has 0 fully saturated rings. The van der Waals surface area contributed by atoms with Gasteiger partial charge >= 0.3 is 0 Å². The van der Waals surface area contributed by atoms with Crippen LogP contribution in [0.2, 0.25) is 0 Å². The SMILES string of the molecule is Cc1ncnc2c1CC=C2CC[C@@H](C)CO.